The minimum Gasteiger partial charge on any atom is -0.330 e. The van der Waals surface area contributed by atoms with Crippen molar-refractivity contribution in [2.24, 2.45) is 5.73 Å². The van der Waals surface area contributed by atoms with Gasteiger partial charge in [0, 0.05) is 11.4 Å². The Labute approximate surface area is 94.2 Å². The standard InChI is InChI=1S/C10H15ClN2S/c1-2-9(5-6-12)14-10-4-3-8(11)7-13-10/h3-4,7,9H,2,5-6,12H2,1H3. The molecule has 1 heterocycles. The minimum absolute atomic E-state index is 0.564. The third-order valence-corrected chi connectivity index (χ3v) is 3.54. The molecule has 2 N–H and O–H groups in total. The van der Waals surface area contributed by atoms with Gasteiger partial charge in [0.1, 0.15) is 0 Å². The lowest BCUT2D eigenvalue weighted by Crippen LogP contribution is -2.09. The predicted molar refractivity (Wildman–Crippen MR) is 62.9 cm³/mol. The maximum atomic E-state index is 5.75. The highest BCUT2D eigenvalue weighted by atomic mass is 35.5. The van der Waals surface area contributed by atoms with Crippen LogP contribution in [0.4, 0.5) is 0 Å². The first kappa shape index (κ1) is 11.8. The Kier molecular flexibility index (Phi) is 5.30. The van der Waals surface area contributed by atoms with E-state index in [9.17, 15) is 0 Å². The summed E-state index contributed by atoms with van der Waals surface area (Å²) in [6.07, 6.45) is 3.83. The van der Waals surface area contributed by atoms with Crippen LogP contribution in [0.5, 0.6) is 0 Å². The normalized spacial score (nSPS) is 12.8. The van der Waals surface area contributed by atoms with Crippen LogP contribution >= 0.6 is 23.4 Å². The Morgan fingerprint density at radius 2 is 2.36 bits per heavy atom. The van der Waals surface area contributed by atoms with Crippen molar-refractivity contribution in [2.45, 2.75) is 30.0 Å². The minimum atomic E-state index is 0.564. The van der Waals surface area contributed by atoms with Gasteiger partial charge in [0.05, 0.1) is 10.0 Å². The van der Waals surface area contributed by atoms with Crippen molar-refractivity contribution in [1.82, 2.24) is 4.98 Å². The van der Waals surface area contributed by atoms with Crippen LogP contribution in [0, 0.1) is 0 Å². The molecule has 0 saturated heterocycles. The molecule has 1 aromatic heterocycles. The molecular formula is C10H15ClN2S. The molecule has 0 aliphatic carbocycles. The quantitative estimate of drug-likeness (QED) is 0.791. The lowest BCUT2D eigenvalue weighted by Gasteiger charge is -2.11. The zero-order valence-corrected chi connectivity index (χ0v) is 9.81. The van der Waals surface area contributed by atoms with Crippen molar-refractivity contribution in [3.63, 3.8) is 0 Å². The number of hydrogen-bond donors (Lipinski definition) is 1. The average molecular weight is 231 g/mol. The summed E-state index contributed by atoms with van der Waals surface area (Å²) in [5.74, 6) is 0. The summed E-state index contributed by atoms with van der Waals surface area (Å²) in [5, 5.41) is 2.27. The van der Waals surface area contributed by atoms with Gasteiger partial charge >= 0.3 is 0 Å². The van der Waals surface area contributed by atoms with Gasteiger partial charge in [-0.15, -0.1) is 11.8 Å². The number of hydrogen-bond acceptors (Lipinski definition) is 3. The van der Waals surface area contributed by atoms with E-state index >= 15 is 0 Å². The Balaban J connectivity index is 2.53. The highest BCUT2D eigenvalue weighted by molar-refractivity contribution is 7.99. The van der Waals surface area contributed by atoms with Gasteiger partial charge < -0.3 is 5.73 Å². The number of nitrogens with zero attached hydrogens (tertiary/aromatic N) is 1. The van der Waals surface area contributed by atoms with E-state index < -0.39 is 0 Å². The van der Waals surface area contributed by atoms with Crippen LogP contribution in [0.25, 0.3) is 0 Å². The van der Waals surface area contributed by atoms with E-state index in [1.165, 1.54) is 0 Å². The molecule has 1 rings (SSSR count). The Hall–Kier alpha value is -0.250. The number of pyridine rings is 1. The molecule has 1 unspecified atom stereocenters. The fraction of sp³-hybridized carbons (Fsp3) is 0.500. The van der Waals surface area contributed by atoms with Crippen molar-refractivity contribution in [3.8, 4) is 0 Å². The molecule has 0 aliphatic heterocycles. The van der Waals surface area contributed by atoms with Gasteiger partial charge in [0.15, 0.2) is 0 Å². The van der Waals surface area contributed by atoms with Gasteiger partial charge in [-0.3, -0.25) is 0 Å². The van der Waals surface area contributed by atoms with Crippen LogP contribution in [-0.4, -0.2) is 16.8 Å². The van der Waals surface area contributed by atoms with Crippen molar-refractivity contribution < 1.29 is 0 Å². The SMILES string of the molecule is CCC(CCN)Sc1ccc(Cl)cn1. The summed E-state index contributed by atoms with van der Waals surface area (Å²) in [6, 6.07) is 3.82. The predicted octanol–water partition coefficient (Wildman–Crippen LogP) is 2.95. The van der Waals surface area contributed by atoms with Gasteiger partial charge in [-0.25, -0.2) is 4.98 Å². The average Bonchev–Trinajstić information content (AvgIpc) is 2.20. The van der Waals surface area contributed by atoms with Crippen LogP contribution in [-0.2, 0) is 0 Å². The molecule has 0 amide bonds. The monoisotopic (exact) mass is 230 g/mol. The van der Waals surface area contributed by atoms with E-state index in [4.69, 9.17) is 17.3 Å². The van der Waals surface area contributed by atoms with Gasteiger partial charge in [-0.05, 0) is 31.5 Å². The molecule has 0 spiro atoms. The van der Waals surface area contributed by atoms with Gasteiger partial charge in [-0.2, -0.15) is 0 Å². The number of thioether (sulfide) groups is 1. The van der Waals surface area contributed by atoms with Gasteiger partial charge in [-0.1, -0.05) is 18.5 Å². The van der Waals surface area contributed by atoms with Crippen LogP contribution in [0.3, 0.4) is 0 Å². The molecule has 14 heavy (non-hydrogen) atoms. The number of halogens is 1. The molecule has 0 aromatic carbocycles. The van der Waals surface area contributed by atoms with E-state index in [1.807, 2.05) is 12.1 Å². The first-order valence-electron chi connectivity index (χ1n) is 4.74. The smallest absolute Gasteiger partial charge is 0.0963 e. The number of nitrogens with two attached hydrogens (primary N) is 1. The second-order valence-electron chi connectivity index (χ2n) is 3.04. The highest BCUT2D eigenvalue weighted by Gasteiger charge is 2.07. The molecule has 78 valence electrons. The summed E-state index contributed by atoms with van der Waals surface area (Å²) in [5.41, 5.74) is 5.53. The molecule has 0 radical (unpaired) electrons. The summed E-state index contributed by atoms with van der Waals surface area (Å²) in [7, 11) is 0. The fourth-order valence-electron chi connectivity index (χ4n) is 1.13. The summed E-state index contributed by atoms with van der Waals surface area (Å²) >= 11 is 7.52. The number of rotatable bonds is 5. The van der Waals surface area contributed by atoms with Crippen molar-refractivity contribution >= 4 is 23.4 Å². The first-order valence-corrected chi connectivity index (χ1v) is 6.00. The topological polar surface area (TPSA) is 38.9 Å². The van der Waals surface area contributed by atoms with E-state index in [1.54, 1.807) is 18.0 Å². The molecule has 0 aliphatic rings. The first-order chi connectivity index (χ1) is 6.76. The Morgan fingerprint density at radius 3 is 2.86 bits per heavy atom. The van der Waals surface area contributed by atoms with E-state index in [0.717, 1.165) is 24.4 Å². The summed E-state index contributed by atoms with van der Waals surface area (Å²) in [4.78, 5) is 4.24. The number of aromatic nitrogens is 1. The lowest BCUT2D eigenvalue weighted by atomic mass is 10.2. The molecule has 2 nitrogen and oxygen atoms in total. The van der Waals surface area contributed by atoms with Crippen LogP contribution in [0.2, 0.25) is 5.02 Å². The van der Waals surface area contributed by atoms with Crippen molar-refractivity contribution in [1.29, 1.82) is 0 Å². The maximum absolute atomic E-state index is 5.75. The third kappa shape index (κ3) is 3.86. The largest absolute Gasteiger partial charge is 0.330 e. The van der Waals surface area contributed by atoms with Crippen LogP contribution in [0.1, 0.15) is 19.8 Å². The zero-order chi connectivity index (χ0) is 10.4. The third-order valence-electron chi connectivity index (χ3n) is 1.93. The van der Waals surface area contributed by atoms with E-state index in [2.05, 4.69) is 11.9 Å². The molecule has 0 fully saturated rings. The molecular weight excluding hydrogens is 216 g/mol. The molecule has 1 aromatic rings. The fourth-order valence-corrected chi connectivity index (χ4v) is 2.27. The zero-order valence-electron chi connectivity index (χ0n) is 8.24. The lowest BCUT2D eigenvalue weighted by molar-refractivity contribution is 0.744. The molecule has 0 bridgehead atoms. The van der Waals surface area contributed by atoms with Crippen molar-refractivity contribution in [2.75, 3.05) is 6.54 Å². The Morgan fingerprint density at radius 1 is 1.57 bits per heavy atom. The van der Waals surface area contributed by atoms with Gasteiger partial charge in [0.2, 0.25) is 0 Å². The maximum Gasteiger partial charge on any atom is 0.0963 e. The van der Waals surface area contributed by atoms with Crippen LogP contribution < -0.4 is 5.73 Å². The second kappa shape index (κ2) is 6.27. The summed E-state index contributed by atoms with van der Waals surface area (Å²) < 4.78 is 0. The summed E-state index contributed by atoms with van der Waals surface area (Å²) in [6.45, 7) is 2.91. The molecule has 1 atom stereocenters. The van der Waals surface area contributed by atoms with Gasteiger partial charge in [0.25, 0.3) is 0 Å². The van der Waals surface area contributed by atoms with E-state index in [-0.39, 0.29) is 0 Å². The van der Waals surface area contributed by atoms with E-state index in [0.29, 0.717) is 10.3 Å². The van der Waals surface area contributed by atoms with Crippen LogP contribution in [0.15, 0.2) is 23.4 Å². The molecule has 0 saturated carbocycles. The van der Waals surface area contributed by atoms with Crippen molar-refractivity contribution in [3.05, 3.63) is 23.4 Å². The Bertz CT molecular complexity index is 263. The molecule has 4 heteroatoms. The highest BCUT2D eigenvalue weighted by Crippen LogP contribution is 2.25. The second-order valence-corrected chi connectivity index (χ2v) is 4.80.